The van der Waals surface area contributed by atoms with Gasteiger partial charge >= 0.3 is 5.95 Å². The van der Waals surface area contributed by atoms with Gasteiger partial charge in [0.2, 0.25) is 0 Å². The number of fused-ring (bicyclic) bond motifs is 1. The zero-order chi connectivity index (χ0) is 8.55. The van der Waals surface area contributed by atoms with Gasteiger partial charge in [0.1, 0.15) is 0 Å². The molecule has 2 N–H and O–H groups in total. The van der Waals surface area contributed by atoms with E-state index < -0.39 is 5.91 Å². The molecule has 1 aromatic heterocycles. The van der Waals surface area contributed by atoms with Gasteiger partial charge < -0.3 is 15.0 Å². The molecule has 0 atom stereocenters. The van der Waals surface area contributed by atoms with Crippen molar-refractivity contribution in [3.8, 4) is 5.95 Å². The SMILES string of the molecule is NC(=O)c1noc2c1CCCO2. The van der Waals surface area contributed by atoms with E-state index in [0.717, 1.165) is 12.8 Å². The Labute approximate surface area is 68.5 Å². The van der Waals surface area contributed by atoms with Crippen LogP contribution in [0.1, 0.15) is 22.5 Å². The highest BCUT2D eigenvalue weighted by Crippen LogP contribution is 2.26. The van der Waals surface area contributed by atoms with Crippen LogP contribution in [0.2, 0.25) is 0 Å². The molecule has 2 heterocycles. The average molecular weight is 168 g/mol. The maximum Gasteiger partial charge on any atom is 0.315 e. The predicted molar refractivity (Wildman–Crippen MR) is 38.8 cm³/mol. The van der Waals surface area contributed by atoms with Gasteiger partial charge in [0, 0.05) is 0 Å². The first kappa shape index (κ1) is 7.15. The number of carbonyl (C=O) groups excluding carboxylic acids is 1. The molecular weight excluding hydrogens is 160 g/mol. The molecule has 5 heteroatoms. The second kappa shape index (κ2) is 2.51. The molecule has 0 bridgehead atoms. The molecule has 12 heavy (non-hydrogen) atoms. The van der Waals surface area contributed by atoms with Crippen molar-refractivity contribution in [2.45, 2.75) is 12.8 Å². The normalized spacial score (nSPS) is 15.0. The van der Waals surface area contributed by atoms with Crippen molar-refractivity contribution in [1.82, 2.24) is 5.16 Å². The lowest BCUT2D eigenvalue weighted by atomic mass is 10.1. The molecule has 0 aliphatic carbocycles. The Balaban J connectivity index is 2.44. The van der Waals surface area contributed by atoms with E-state index in [-0.39, 0.29) is 5.69 Å². The van der Waals surface area contributed by atoms with Crippen LogP contribution in [-0.4, -0.2) is 17.7 Å². The summed E-state index contributed by atoms with van der Waals surface area (Å²) in [4.78, 5) is 10.8. The van der Waals surface area contributed by atoms with Gasteiger partial charge in [0.05, 0.1) is 12.2 Å². The summed E-state index contributed by atoms with van der Waals surface area (Å²) in [5.41, 5.74) is 5.97. The number of nitrogens with two attached hydrogens (primary N) is 1. The number of aromatic nitrogens is 1. The fourth-order valence-corrected chi connectivity index (χ4v) is 1.24. The molecule has 0 fully saturated rings. The standard InChI is InChI=1S/C7H8N2O3/c8-6(10)5-4-2-1-3-11-7(4)12-9-5/h1-3H2,(H2,8,10). The van der Waals surface area contributed by atoms with Gasteiger partial charge in [-0.25, -0.2) is 0 Å². The maximum atomic E-state index is 10.8. The molecule has 0 unspecified atom stereocenters. The topological polar surface area (TPSA) is 78.4 Å². The summed E-state index contributed by atoms with van der Waals surface area (Å²) in [7, 11) is 0. The zero-order valence-corrected chi connectivity index (χ0v) is 6.37. The number of rotatable bonds is 1. The fourth-order valence-electron chi connectivity index (χ4n) is 1.24. The monoisotopic (exact) mass is 168 g/mol. The summed E-state index contributed by atoms with van der Waals surface area (Å²) in [5.74, 6) is -0.222. The Morgan fingerprint density at radius 3 is 3.17 bits per heavy atom. The Bertz CT molecular complexity index is 318. The van der Waals surface area contributed by atoms with Crippen molar-refractivity contribution in [3.05, 3.63) is 11.3 Å². The maximum absolute atomic E-state index is 10.8. The van der Waals surface area contributed by atoms with E-state index in [1.54, 1.807) is 0 Å². The lowest BCUT2D eigenvalue weighted by Gasteiger charge is -2.09. The molecule has 0 spiro atoms. The van der Waals surface area contributed by atoms with Crippen LogP contribution >= 0.6 is 0 Å². The van der Waals surface area contributed by atoms with Gasteiger partial charge in [0.15, 0.2) is 5.69 Å². The third kappa shape index (κ3) is 0.939. The van der Waals surface area contributed by atoms with E-state index in [0.29, 0.717) is 18.1 Å². The van der Waals surface area contributed by atoms with E-state index >= 15 is 0 Å². The van der Waals surface area contributed by atoms with Crippen LogP contribution in [0, 0.1) is 0 Å². The lowest BCUT2D eigenvalue weighted by molar-refractivity contribution is 0.0991. The quantitative estimate of drug-likeness (QED) is 0.644. The van der Waals surface area contributed by atoms with Crippen molar-refractivity contribution >= 4 is 5.91 Å². The van der Waals surface area contributed by atoms with Crippen molar-refractivity contribution < 1.29 is 14.1 Å². The van der Waals surface area contributed by atoms with Crippen molar-refractivity contribution in [3.63, 3.8) is 0 Å². The molecule has 0 radical (unpaired) electrons. The minimum Gasteiger partial charge on any atom is -0.464 e. The third-order valence-corrected chi connectivity index (χ3v) is 1.79. The van der Waals surface area contributed by atoms with Crippen molar-refractivity contribution in [2.24, 2.45) is 5.73 Å². The highest BCUT2D eigenvalue weighted by atomic mass is 16.6. The molecule has 1 aliphatic rings. The first-order chi connectivity index (χ1) is 5.79. The highest BCUT2D eigenvalue weighted by Gasteiger charge is 2.23. The van der Waals surface area contributed by atoms with Crippen LogP contribution in [-0.2, 0) is 6.42 Å². The first-order valence-electron chi connectivity index (χ1n) is 3.70. The lowest BCUT2D eigenvalue weighted by Crippen LogP contribution is -2.16. The Kier molecular flexibility index (Phi) is 1.49. The van der Waals surface area contributed by atoms with Crippen LogP contribution in [0.4, 0.5) is 0 Å². The molecule has 0 aromatic carbocycles. The molecule has 1 aromatic rings. The van der Waals surface area contributed by atoms with Crippen LogP contribution in [0.15, 0.2) is 4.52 Å². The summed E-state index contributed by atoms with van der Waals surface area (Å²) >= 11 is 0. The van der Waals surface area contributed by atoms with E-state index in [2.05, 4.69) is 5.16 Å². The smallest absolute Gasteiger partial charge is 0.315 e. The van der Waals surface area contributed by atoms with Gasteiger partial charge in [-0.3, -0.25) is 4.79 Å². The number of nitrogens with zero attached hydrogens (tertiary/aromatic N) is 1. The van der Waals surface area contributed by atoms with Gasteiger partial charge in [0.25, 0.3) is 5.91 Å². The van der Waals surface area contributed by atoms with Gasteiger partial charge in [-0.2, -0.15) is 0 Å². The number of carbonyl (C=O) groups is 1. The Morgan fingerprint density at radius 1 is 1.58 bits per heavy atom. The van der Waals surface area contributed by atoms with E-state index in [1.165, 1.54) is 0 Å². The number of amides is 1. The van der Waals surface area contributed by atoms with Crippen LogP contribution in [0.25, 0.3) is 0 Å². The summed E-state index contributed by atoms with van der Waals surface area (Å²) in [5, 5.41) is 3.52. The van der Waals surface area contributed by atoms with E-state index in [9.17, 15) is 4.79 Å². The Hall–Kier alpha value is -1.52. The highest BCUT2D eigenvalue weighted by molar-refractivity contribution is 5.92. The molecular formula is C7H8N2O3. The van der Waals surface area contributed by atoms with Crippen LogP contribution < -0.4 is 10.5 Å². The van der Waals surface area contributed by atoms with Crippen LogP contribution in [0.3, 0.4) is 0 Å². The van der Waals surface area contributed by atoms with Crippen LogP contribution in [0.5, 0.6) is 5.95 Å². The fraction of sp³-hybridized carbons (Fsp3) is 0.429. The summed E-state index contributed by atoms with van der Waals surface area (Å²) in [6.07, 6.45) is 1.62. The minimum absolute atomic E-state index is 0.199. The average Bonchev–Trinajstić information content (AvgIpc) is 2.47. The molecule has 1 aliphatic heterocycles. The largest absolute Gasteiger partial charge is 0.464 e. The number of hydrogen-bond donors (Lipinski definition) is 1. The summed E-state index contributed by atoms with van der Waals surface area (Å²) in [6.45, 7) is 0.612. The Morgan fingerprint density at radius 2 is 2.42 bits per heavy atom. The second-order valence-corrected chi connectivity index (χ2v) is 2.61. The minimum atomic E-state index is -0.564. The molecule has 64 valence electrons. The van der Waals surface area contributed by atoms with Gasteiger partial charge in [-0.05, 0) is 12.8 Å². The zero-order valence-electron chi connectivity index (χ0n) is 6.37. The molecule has 2 rings (SSSR count). The van der Waals surface area contributed by atoms with Gasteiger partial charge in [-0.15, -0.1) is 0 Å². The number of ether oxygens (including phenoxy) is 1. The number of primary amides is 1. The molecule has 0 saturated carbocycles. The van der Waals surface area contributed by atoms with E-state index in [4.69, 9.17) is 15.0 Å². The summed E-state index contributed by atoms with van der Waals surface area (Å²) < 4.78 is 9.89. The molecule has 1 amide bonds. The molecule has 0 saturated heterocycles. The number of hydrogen-bond acceptors (Lipinski definition) is 4. The molecule has 5 nitrogen and oxygen atoms in total. The second-order valence-electron chi connectivity index (χ2n) is 2.61. The van der Waals surface area contributed by atoms with Crippen molar-refractivity contribution in [1.29, 1.82) is 0 Å². The van der Waals surface area contributed by atoms with Crippen molar-refractivity contribution in [2.75, 3.05) is 6.61 Å². The predicted octanol–water partition coefficient (Wildman–Crippen LogP) is 0.0985. The summed E-state index contributed by atoms with van der Waals surface area (Å²) in [6, 6.07) is 0. The third-order valence-electron chi connectivity index (χ3n) is 1.79. The van der Waals surface area contributed by atoms with E-state index in [1.807, 2.05) is 0 Å². The van der Waals surface area contributed by atoms with Gasteiger partial charge in [-0.1, -0.05) is 5.16 Å². The first-order valence-corrected chi connectivity index (χ1v) is 3.70.